The first-order valence-electron chi connectivity index (χ1n) is 8.00. The largest absolute Gasteiger partial charge is 0.445 e. The summed E-state index contributed by atoms with van der Waals surface area (Å²) in [4.78, 5) is 17.9. The van der Waals surface area contributed by atoms with Gasteiger partial charge >= 0.3 is 6.09 Å². The molecule has 7 nitrogen and oxygen atoms in total. The SMILES string of the molecule is CC(C)c1noc(C2(O)CCN(C(=O)OCc3ccccc3)C2)n1. The smallest absolute Gasteiger partial charge is 0.410 e. The van der Waals surface area contributed by atoms with E-state index in [0.717, 1.165) is 5.56 Å². The molecule has 1 amide bonds. The van der Waals surface area contributed by atoms with Gasteiger partial charge in [0.1, 0.15) is 6.61 Å². The highest BCUT2D eigenvalue weighted by Gasteiger charge is 2.44. The predicted octanol–water partition coefficient (Wildman–Crippen LogP) is 2.42. The Bertz CT molecular complexity index is 701. The van der Waals surface area contributed by atoms with E-state index in [9.17, 15) is 9.90 Å². The first-order valence-corrected chi connectivity index (χ1v) is 8.00. The molecule has 0 spiro atoms. The van der Waals surface area contributed by atoms with Gasteiger partial charge in [0, 0.05) is 18.9 Å². The topological polar surface area (TPSA) is 88.7 Å². The molecule has 1 saturated heterocycles. The van der Waals surface area contributed by atoms with Gasteiger partial charge < -0.3 is 19.3 Å². The average molecular weight is 331 g/mol. The number of β-amino-alcohol motifs (C(OH)–C–C–N with tert-alkyl or cyclic N) is 1. The van der Waals surface area contributed by atoms with Crippen molar-refractivity contribution in [2.45, 2.75) is 38.4 Å². The molecule has 3 rings (SSSR count). The van der Waals surface area contributed by atoms with Crippen molar-refractivity contribution in [1.29, 1.82) is 0 Å². The van der Waals surface area contributed by atoms with Crippen molar-refractivity contribution >= 4 is 6.09 Å². The van der Waals surface area contributed by atoms with Crippen LogP contribution in [0.1, 0.15) is 43.5 Å². The van der Waals surface area contributed by atoms with Crippen LogP contribution in [0.2, 0.25) is 0 Å². The Kier molecular flexibility index (Phi) is 4.53. The average Bonchev–Trinajstić information content (AvgIpc) is 3.22. The maximum atomic E-state index is 12.2. The van der Waals surface area contributed by atoms with Gasteiger partial charge in [-0.15, -0.1) is 0 Å². The van der Waals surface area contributed by atoms with E-state index in [2.05, 4.69) is 10.1 Å². The summed E-state index contributed by atoms with van der Waals surface area (Å²) in [6.07, 6.45) is -0.119. The van der Waals surface area contributed by atoms with Crippen molar-refractivity contribution in [3.8, 4) is 0 Å². The first-order chi connectivity index (χ1) is 11.5. The number of hydrogen-bond donors (Lipinski definition) is 1. The van der Waals surface area contributed by atoms with E-state index in [4.69, 9.17) is 9.26 Å². The summed E-state index contributed by atoms with van der Waals surface area (Å²) in [5.41, 5.74) is -0.398. The maximum Gasteiger partial charge on any atom is 0.410 e. The summed E-state index contributed by atoms with van der Waals surface area (Å²) < 4.78 is 10.5. The molecule has 128 valence electrons. The summed E-state index contributed by atoms with van der Waals surface area (Å²) in [7, 11) is 0. The van der Waals surface area contributed by atoms with Crippen molar-refractivity contribution in [2.24, 2.45) is 0 Å². The zero-order valence-corrected chi connectivity index (χ0v) is 13.8. The lowest BCUT2D eigenvalue weighted by atomic mass is 10.0. The second kappa shape index (κ2) is 6.60. The lowest BCUT2D eigenvalue weighted by molar-refractivity contribution is 0.0119. The van der Waals surface area contributed by atoms with E-state index in [1.54, 1.807) is 0 Å². The van der Waals surface area contributed by atoms with Gasteiger partial charge in [0.05, 0.1) is 6.54 Å². The van der Waals surface area contributed by atoms with Crippen LogP contribution >= 0.6 is 0 Å². The van der Waals surface area contributed by atoms with Gasteiger partial charge in [0.25, 0.3) is 5.89 Å². The minimum atomic E-state index is -1.31. The Balaban J connectivity index is 1.60. The number of carbonyl (C=O) groups excluding carboxylic acids is 1. The molecule has 1 unspecified atom stereocenters. The van der Waals surface area contributed by atoms with Crippen LogP contribution in [-0.2, 0) is 16.9 Å². The highest BCUT2D eigenvalue weighted by Crippen LogP contribution is 2.31. The number of amides is 1. The van der Waals surface area contributed by atoms with Gasteiger partial charge in [-0.1, -0.05) is 49.3 Å². The summed E-state index contributed by atoms with van der Waals surface area (Å²) in [5, 5.41) is 14.6. The zero-order chi connectivity index (χ0) is 17.2. The van der Waals surface area contributed by atoms with Crippen LogP contribution in [0.5, 0.6) is 0 Å². The second-order valence-corrected chi connectivity index (χ2v) is 6.36. The standard InChI is InChI=1S/C17H21N3O4/c1-12(2)14-18-15(24-19-14)17(22)8-9-20(11-17)16(21)23-10-13-6-4-3-5-7-13/h3-7,12,22H,8-11H2,1-2H3. The minimum Gasteiger partial charge on any atom is -0.445 e. The van der Waals surface area contributed by atoms with E-state index >= 15 is 0 Å². The fourth-order valence-electron chi connectivity index (χ4n) is 2.59. The van der Waals surface area contributed by atoms with E-state index in [1.807, 2.05) is 44.2 Å². The Morgan fingerprint density at radius 3 is 2.83 bits per heavy atom. The molecule has 1 aromatic heterocycles. The quantitative estimate of drug-likeness (QED) is 0.925. The van der Waals surface area contributed by atoms with E-state index < -0.39 is 11.7 Å². The lowest BCUT2D eigenvalue weighted by Crippen LogP contribution is -2.35. The van der Waals surface area contributed by atoms with Crippen LogP contribution in [0.4, 0.5) is 4.79 Å². The summed E-state index contributed by atoms with van der Waals surface area (Å²) in [6.45, 7) is 4.55. The van der Waals surface area contributed by atoms with Gasteiger partial charge in [0.2, 0.25) is 0 Å². The number of aromatic nitrogens is 2. The Morgan fingerprint density at radius 2 is 2.17 bits per heavy atom. The van der Waals surface area contributed by atoms with Crippen LogP contribution in [0.25, 0.3) is 0 Å². The highest BCUT2D eigenvalue weighted by molar-refractivity contribution is 5.68. The molecule has 7 heteroatoms. The van der Waals surface area contributed by atoms with Crippen molar-refractivity contribution in [3.05, 3.63) is 47.6 Å². The Hall–Kier alpha value is -2.41. The number of hydrogen-bond acceptors (Lipinski definition) is 6. The lowest BCUT2D eigenvalue weighted by Gasteiger charge is -2.19. The number of carbonyl (C=O) groups is 1. The third kappa shape index (κ3) is 3.41. The van der Waals surface area contributed by atoms with Gasteiger partial charge in [-0.3, -0.25) is 0 Å². The second-order valence-electron chi connectivity index (χ2n) is 6.36. The molecule has 1 aliphatic heterocycles. The number of ether oxygens (including phenoxy) is 1. The van der Waals surface area contributed by atoms with E-state index in [-0.39, 0.29) is 25.0 Å². The number of aliphatic hydroxyl groups is 1. The number of nitrogens with zero attached hydrogens (tertiary/aromatic N) is 3. The molecule has 2 heterocycles. The summed E-state index contributed by atoms with van der Waals surface area (Å²) in [6, 6.07) is 9.46. The zero-order valence-electron chi connectivity index (χ0n) is 13.8. The molecule has 1 aromatic carbocycles. The molecule has 1 N–H and O–H groups in total. The van der Waals surface area contributed by atoms with Crippen molar-refractivity contribution < 1.29 is 19.2 Å². The predicted molar refractivity (Wildman–Crippen MR) is 85.1 cm³/mol. The number of likely N-dealkylation sites (tertiary alicyclic amines) is 1. The van der Waals surface area contributed by atoms with Crippen LogP contribution in [0.15, 0.2) is 34.9 Å². The van der Waals surface area contributed by atoms with Crippen molar-refractivity contribution in [3.63, 3.8) is 0 Å². The third-order valence-electron chi connectivity index (χ3n) is 4.07. The Labute approximate surface area is 140 Å². The van der Waals surface area contributed by atoms with Crippen LogP contribution < -0.4 is 0 Å². The van der Waals surface area contributed by atoms with Crippen molar-refractivity contribution in [1.82, 2.24) is 15.0 Å². The normalized spacial score (nSPS) is 20.6. The molecule has 2 aromatic rings. The minimum absolute atomic E-state index is 0.0837. The van der Waals surface area contributed by atoms with Crippen LogP contribution in [-0.4, -0.2) is 39.3 Å². The highest BCUT2D eigenvalue weighted by atomic mass is 16.6. The molecule has 0 radical (unpaired) electrons. The molecule has 0 saturated carbocycles. The molecule has 0 bridgehead atoms. The van der Waals surface area contributed by atoms with Gasteiger partial charge in [-0.2, -0.15) is 4.98 Å². The number of benzene rings is 1. The molecule has 1 aliphatic rings. The Morgan fingerprint density at radius 1 is 1.42 bits per heavy atom. The van der Waals surface area contributed by atoms with Crippen LogP contribution in [0.3, 0.4) is 0 Å². The number of rotatable bonds is 4. The molecule has 1 atom stereocenters. The fraction of sp³-hybridized carbons (Fsp3) is 0.471. The monoisotopic (exact) mass is 331 g/mol. The molecular weight excluding hydrogens is 310 g/mol. The van der Waals surface area contributed by atoms with Gasteiger partial charge in [-0.25, -0.2) is 4.79 Å². The molecule has 0 aliphatic carbocycles. The van der Waals surface area contributed by atoms with Gasteiger partial charge in [0.15, 0.2) is 11.4 Å². The maximum absolute atomic E-state index is 12.2. The summed E-state index contributed by atoms with van der Waals surface area (Å²) >= 11 is 0. The van der Waals surface area contributed by atoms with Crippen molar-refractivity contribution in [2.75, 3.05) is 13.1 Å². The molecule has 1 fully saturated rings. The van der Waals surface area contributed by atoms with E-state index in [1.165, 1.54) is 4.90 Å². The van der Waals surface area contributed by atoms with Gasteiger partial charge in [-0.05, 0) is 5.56 Å². The fourth-order valence-corrected chi connectivity index (χ4v) is 2.59. The van der Waals surface area contributed by atoms with Crippen LogP contribution in [0, 0.1) is 0 Å². The molecule has 24 heavy (non-hydrogen) atoms. The summed E-state index contributed by atoms with van der Waals surface area (Å²) in [5.74, 6) is 0.813. The first kappa shape index (κ1) is 16.4. The third-order valence-corrected chi connectivity index (χ3v) is 4.07. The molecular formula is C17H21N3O4. The van der Waals surface area contributed by atoms with E-state index in [0.29, 0.717) is 18.8 Å².